The zero-order chi connectivity index (χ0) is 15.4. The van der Waals surface area contributed by atoms with Crippen molar-refractivity contribution in [3.05, 3.63) is 29.8 Å². The second-order valence-corrected chi connectivity index (χ2v) is 6.63. The Kier molecular flexibility index (Phi) is 5.65. The van der Waals surface area contributed by atoms with Gasteiger partial charge in [0.05, 0.1) is 7.11 Å². The molecule has 1 aromatic rings. The molecule has 0 saturated heterocycles. The largest absolute Gasteiger partial charge is 0.497 e. The van der Waals surface area contributed by atoms with E-state index in [1.54, 1.807) is 7.11 Å². The van der Waals surface area contributed by atoms with Gasteiger partial charge in [0.2, 0.25) is 0 Å². The van der Waals surface area contributed by atoms with Crippen LogP contribution in [0.4, 0.5) is 0 Å². The van der Waals surface area contributed by atoms with Crippen molar-refractivity contribution < 1.29 is 4.74 Å². The second-order valence-electron chi connectivity index (χ2n) is 6.63. The number of hydrogen-bond donors (Lipinski definition) is 1. The predicted molar refractivity (Wildman–Crippen MR) is 88.6 cm³/mol. The quantitative estimate of drug-likeness (QED) is 0.900. The topological polar surface area (TPSA) is 38.5 Å². The molecular weight excluding hydrogens is 260 g/mol. The summed E-state index contributed by atoms with van der Waals surface area (Å²) in [5.74, 6) is 1.73. The zero-order valence-corrected chi connectivity index (χ0v) is 13.9. The maximum absolute atomic E-state index is 6.49. The van der Waals surface area contributed by atoms with Crippen LogP contribution in [0.25, 0.3) is 0 Å². The Labute approximate surface area is 129 Å². The highest BCUT2D eigenvalue weighted by Crippen LogP contribution is 2.30. The highest BCUT2D eigenvalue weighted by Gasteiger charge is 2.28. The lowest BCUT2D eigenvalue weighted by Gasteiger charge is -2.40. The summed E-state index contributed by atoms with van der Waals surface area (Å²) in [6, 6.07) is 9.20. The van der Waals surface area contributed by atoms with Crippen molar-refractivity contribution in [3.8, 4) is 5.75 Å². The van der Waals surface area contributed by atoms with Gasteiger partial charge >= 0.3 is 0 Å². The van der Waals surface area contributed by atoms with Gasteiger partial charge in [0.25, 0.3) is 0 Å². The number of nitrogens with zero attached hydrogens (tertiary/aromatic N) is 1. The van der Waals surface area contributed by atoms with E-state index in [-0.39, 0.29) is 6.04 Å². The summed E-state index contributed by atoms with van der Waals surface area (Å²) >= 11 is 0. The van der Waals surface area contributed by atoms with Gasteiger partial charge in [0.15, 0.2) is 0 Å². The van der Waals surface area contributed by atoms with Crippen LogP contribution in [-0.2, 0) is 0 Å². The summed E-state index contributed by atoms with van der Waals surface area (Å²) in [5.41, 5.74) is 7.67. The summed E-state index contributed by atoms with van der Waals surface area (Å²) in [7, 11) is 3.92. The summed E-state index contributed by atoms with van der Waals surface area (Å²) in [4.78, 5) is 2.49. The monoisotopic (exact) mass is 290 g/mol. The highest BCUT2D eigenvalue weighted by atomic mass is 16.5. The third kappa shape index (κ3) is 3.98. The number of likely N-dealkylation sites (N-methyl/N-ethyl adjacent to an activating group) is 1. The first-order valence-electron chi connectivity index (χ1n) is 8.14. The fraction of sp³-hybridized carbons (Fsp3) is 0.667. The SMILES string of the molecule is COc1ccc(C(N)C(C)N(C)C2CCCC(C)C2)cc1. The third-order valence-corrected chi connectivity index (χ3v) is 5.15. The normalized spacial score (nSPS) is 25.6. The van der Waals surface area contributed by atoms with E-state index in [4.69, 9.17) is 10.5 Å². The molecule has 0 amide bonds. The second kappa shape index (κ2) is 7.28. The first-order valence-corrected chi connectivity index (χ1v) is 8.14. The highest BCUT2D eigenvalue weighted by molar-refractivity contribution is 5.29. The fourth-order valence-electron chi connectivity index (χ4n) is 3.46. The maximum Gasteiger partial charge on any atom is 0.118 e. The molecule has 0 spiro atoms. The van der Waals surface area contributed by atoms with Crippen LogP contribution in [0.5, 0.6) is 5.75 Å². The standard InChI is InChI=1S/C18H30N2O/c1-13-6-5-7-16(12-13)20(3)14(2)18(19)15-8-10-17(21-4)11-9-15/h8-11,13-14,16,18H,5-7,12,19H2,1-4H3. The van der Waals surface area contributed by atoms with Crippen LogP contribution in [0.15, 0.2) is 24.3 Å². The molecule has 1 aliphatic carbocycles. The predicted octanol–water partition coefficient (Wildman–Crippen LogP) is 3.59. The molecule has 2 N–H and O–H groups in total. The van der Waals surface area contributed by atoms with Gasteiger partial charge < -0.3 is 10.5 Å². The van der Waals surface area contributed by atoms with E-state index in [0.29, 0.717) is 12.1 Å². The molecule has 3 nitrogen and oxygen atoms in total. The molecule has 4 unspecified atom stereocenters. The maximum atomic E-state index is 6.49. The number of benzene rings is 1. The van der Waals surface area contributed by atoms with Gasteiger partial charge in [-0.1, -0.05) is 31.9 Å². The van der Waals surface area contributed by atoms with Crippen LogP contribution in [-0.4, -0.2) is 31.1 Å². The average molecular weight is 290 g/mol. The van der Waals surface area contributed by atoms with Gasteiger partial charge in [0.1, 0.15) is 5.75 Å². The van der Waals surface area contributed by atoms with Crippen molar-refractivity contribution >= 4 is 0 Å². The van der Waals surface area contributed by atoms with Crippen molar-refractivity contribution in [3.63, 3.8) is 0 Å². The Hall–Kier alpha value is -1.06. The van der Waals surface area contributed by atoms with Gasteiger partial charge in [-0.05, 0) is 50.4 Å². The van der Waals surface area contributed by atoms with Crippen LogP contribution < -0.4 is 10.5 Å². The van der Waals surface area contributed by atoms with E-state index in [2.05, 4.69) is 37.9 Å². The Morgan fingerprint density at radius 2 is 1.90 bits per heavy atom. The lowest BCUT2D eigenvalue weighted by molar-refractivity contribution is 0.112. The summed E-state index contributed by atoms with van der Waals surface area (Å²) in [5, 5.41) is 0. The molecule has 0 bridgehead atoms. The van der Waals surface area contributed by atoms with Crippen LogP contribution in [0, 0.1) is 5.92 Å². The molecule has 0 aliphatic heterocycles. The molecular formula is C18H30N2O. The number of ether oxygens (including phenoxy) is 1. The molecule has 0 aromatic heterocycles. The molecule has 118 valence electrons. The van der Waals surface area contributed by atoms with E-state index in [1.165, 1.54) is 31.2 Å². The Morgan fingerprint density at radius 1 is 1.24 bits per heavy atom. The van der Waals surface area contributed by atoms with Gasteiger partial charge in [-0.3, -0.25) is 4.90 Å². The smallest absolute Gasteiger partial charge is 0.118 e. The molecule has 2 rings (SSSR count). The van der Waals surface area contributed by atoms with E-state index in [0.717, 1.165) is 11.7 Å². The molecule has 21 heavy (non-hydrogen) atoms. The van der Waals surface area contributed by atoms with Crippen LogP contribution in [0.3, 0.4) is 0 Å². The van der Waals surface area contributed by atoms with Gasteiger partial charge in [-0.25, -0.2) is 0 Å². The molecule has 1 saturated carbocycles. The zero-order valence-electron chi connectivity index (χ0n) is 13.9. The number of hydrogen-bond acceptors (Lipinski definition) is 3. The minimum Gasteiger partial charge on any atom is -0.497 e. The van der Waals surface area contributed by atoms with Crippen molar-refractivity contribution in [1.82, 2.24) is 4.90 Å². The fourth-order valence-corrected chi connectivity index (χ4v) is 3.46. The van der Waals surface area contributed by atoms with Crippen molar-refractivity contribution in [2.45, 2.75) is 57.7 Å². The summed E-state index contributed by atoms with van der Waals surface area (Å²) in [6.45, 7) is 4.61. The molecule has 1 fully saturated rings. The van der Waals surface area contributed by atoms with Gasteiger partial charge in [-0.15, -0.1) is 0 Å². The molecule has 1 aliphatic rings. The summed E-state index contributed by atoms with van der Waals surface area (Å²) in [6.07, 6.45) is 5.33. The summed E-state index contributed by atoms with van der Waals surface area (Å²) < 4.78 is 5.21. The minimum atomic E-state index is 0.0399. The van der Waals surface area contributed by atoms with E-state index >= 15 is 0 Å². The van der Waals surface area contributed by atoms with Crippen molar-refractivity contribution in [2.24, 2.45) is 11.7 Å². The lowest BCUT2D eigenvalue weighted by atomic mass is 9.85. The Morgan fingerprint density at radius 3 is 2.48 bits per heavy atom. The molecule has 0 radical (unpaired) electrons. The Balaban J connectivity index is 2.01. The van der Waals surface area contributed by atoms with Gasteiger partial charge in [-0.2, -0.15) is 0 Å². The minimum absolute atomic E-state index is 0.0399. The molecule has 0 heterocycles. The van der Waals surface area contributed by atoms with Gasteiger partial charge in [0, 0.05) is 18.1 Å². The average Bonchev–Trinajstić information content (AvgIpc) is 2.53. The van der Waals surface area contributed by atoms with Crippen LogP contribution in [0.1, 0.15) is 51.1 Å². The first kappa shape index (κ1) is 16.3. The molecule has 4 atom stereocenters. The van der Waals surface area contributed by atoms with E-state index < -0.39 is 0 Å². The number of nitrogens with two attached hydrogens (primary N) is 1. The number of rotatable bonds is 5. The van der Waals surface area contributed by atoms with Crippen LogP contribution >= 0.6 is 0 Å². The van der Waals surface area contributed by atoms with Crippen molar-refractivity contribution in [1.29, 1.82) is 0 Å². The first-order chi connectivity index (χ1) is 10.0. The Bertz CT molecular complexity index is 431. The molecule has 3 heteroatoms. The van der Waals surface area contributed by atoms with E-state index in [9.17, 15) is 0 Å². The van der Waals surface area contributed by atoms with Crippen molar-refractivity contribution in [2.75, 3.05) is 14.2 Å². The van der Waals surface area contributed by atoms with Crippen LogP contribution in [0.2, 0.25) is 0 Å². The number of methoxy groups -OCH3 is 1. The molecule has 1 aromatic carbocycles. The lowest BCUT2D eigenvalue weighted by Crippen LogP contribution is -2.45. The van der Waals surface area contributed by atoms with E-state index in [1.807, 2.05) is 12.1 Å². The third-order valence-electron chi connectivity index (χ3n) is 5.15.